The van der Waals surface area contributed by atoms with Crippen LogP contribution >= 0.6 is 0 Å². The highest BCUT2D eigenvalue weighted by molar-refractivity contribution is 5.98. The number of aryl methyl sites for hydroxylation is 1. The molecule has 0 aliphatic carbocycles. The van der Waals surface area contributed by atoms with Crippen molar-refractivity contribution in [3.8, 4) is 11.8 Å². The van der Waals surface area contributed by atoms with Crippen LogP contribution < -0.4 is 11.1 Å². The van der Waals surface area contributed by atoms with Crippen molar-refractivity contribution in [2.75, 3.05) is 38.8 Å². The Bertz CT molecular complexity index is 893. The van der Waals surface area contributed by atoms with E-state index in [-0.39, 0.29) is 29.4 Å². The first-order valence-electron chi connectivity index (χ1n) is 7.83. The summed E-state index contributed by atoms with van der Waals surface area (Å²) in [6.07, 6.45) is 1.46. The highest BCUT2D eigenvalue weighted by Gasteiger charge is 2.23. The summed E-state index contributed by atoms with van der Waals surface area (Å²) in [6.45, 7) is 2.08. The van der Waals surface area contributed by atoms with Gasteiger partial charge >= 0.3 is 5.97 Å². The first kappa shape index (κ1) is 19.0. The van der Waals surface area contributed by atoms with Crippen LogP contribution in [0.5, 0.6) is 0 Å². The van der Waals surface area contributed by atoms with E-state index in [1.54, 1.807) is 31.1 Å². The molecule has 26 heavy (non-hydrogen) atoms. The number of anilines is 2. The summed E-state index contributed by atoms with van der Waals surface area (Å²) in [4.78, 5) is 26.1. The Morgan fingerprint density at radius 2 is 2.08 bits per heavy atom. The number of amides is 1. The van der Waals surface area contributed by atoms with Crippen LogP contribution in [0.25, 0.3) is 5.69 Å². The Morgan fingerprint density at radius 3 is 2.65 bits per heavy atom. The standard InChI is InChI=1S/C18H21N5O3/c1-11-5-6-13(21-15(24)10-22(2)3)14(7-11)23-9-12(8-19)16(20)17(23)18(25)26-4/h5-7,9H,10,20H2,1-4H3,(H,21,24). The highest BCUT2D eigenvalue weighted by Crippen LogP contribution is 2.29. The highest BCUT2D eigenvalue weighted by atomic mass is 16.5. The lowest BCUT2D eigenvalue weighted by atomic mass is 10.1. The Labute approximate surface area is 151 Å². The minimum atomic E-state index is -0.670. The number of hydrogen-bond acceptors (Lipinski definition) is 6. The van der Waals surface area contributed by atoms with Crippen molar-refractivity contribution in [1.29, 1.82) is 5.26 Å². The number of nitrogens with one attached hydrogen (secondary N) is 1. The maximum absolute atomic E-state index is 12.2. The van der Waals surface area contributed by atoms with Crippen molar-refractivity contribution in [2.45, 2.75) is 6.92 Å². The molecule has 0 radical (unpaired) electrons. The van der Waals surface area contributed by atoms with E-state index < -0.39 is 5.97 Å². The lowest BCUT2D eigenvalue weighted by Crippen LogP contribution is -2.27. The number of hydrogen-bond donors (Lipinski definition) is 2. The Kier molecular flexibility index (Phi) is 5.64. The molecule has 0 bridgehead atoms. The Morgan fingerprint density at radius 1 is 1.38 bits per heavy atom. The lowest BCUT2D eigenvalue weighted by Gasteiger charge is -2.16. The van der Waals surface area contributed by atoms with E-state index in [0.717, 1.165) is 5.56 Å². The van der Waals surface area contributed by atoms with Crippen molar-refractivity contribution in [1.82, 2.24) is 9.47 Å². The van der Waals surface area contributed by atoms with E-state index in [4.69, 9.17) is 10.5 Å². The summed E-state index contributed by atoms with van der Waals surface area (Å²) in [7, 11) is 4.81. The van der Waals surface area contributed by atoms with Gasteiger partial charge in [-0.2, -0.15) is 5.26 Å². The maximum atomic E-state index is 12.2. The zero-order chi connectivity index (χ0) is 19.4. The third kappa shape index (κ3) is 3.84. The van der Waals surface area contributed by atoms with Gasteiger partial charge in [-0.3, -0.25) is 4.79 Å². The number of likely N-dealkylation sites (N-methyl/N-ethyl adjacent to an activating group) is 1. The van der Waals surface area contributed by atoms with Gasteiger partial charge < -0.3 is 25.3 Å². The van der Waals surface area contributed by atoms with Gasteiger partial charge in [0.25, 0.3) is 0 Å². The molecule has 0 aliphatic heterocycles. The van der Waals surface area contributed by atoms with Crippen molar-refractivity contribution in [3.05, 3.63) is 41.2 Å². The van der Waals surface area contributed by atoms with Gasteiger partial charge in [-0.25, -0.2) is 4.79 Å². The van der Waals surface area contributed by atoms with Gasteiger partial charge in [-0.15, -0.1) is 0 Å². The molecule has 8 heteroatoms. The van der Waals surface area contributed by atoms with E-state index in [2.05, 4.69) is 5.32 Å². The molecular formula is C18H21N5O3. The van der Waals surface area contributed by atoms with Crippen LogP contribution in [-0.2, 0) is 9.53 Å². The molecule has 2 aromatic rings. The van der Waals surface area contributed by atoms with Crippen molar-refractivity contribution < 1.29 is 14.3 Å². The summed E-state index contributed by atoms with van der Waals surface area (Å²) in [5, 5.41) is 12.1. The number of esters is 1. The molecule has 3 N–H and O–H groups in total. The average molecular weight is 355 g/mol. The van der Waals surface area contributed by atoms with Crippen LogP contribution in [0.4, 0.5) is 11.4 Å². The fourth-order valence-electron chi connectivity index (χ4n) is 2.53. The maximum Gasteiger partial charge on any atom is 0.357 e. The summed E-state index contributed by atoms with van der Waals surface area (Å²) >= 11 is 0. The number of nitrogens with zero attached hydrogens (tertiary/aromatic N) is 3. The number of aromatic nitrogens is 1. The second-order valence-electron chi connectivity index (χ2n) is 6.09. The summed E-state index contributed by atoms with van der Waals surface area (Å²) in [6, 6.07) is 7.32. The molecule has 8 nitrogen and oxygen atoms in total. The Balaban J connectivity index is 2.62. The third-order valence-corrected chi connectivity index (χ3v) is 3.69. The molecule has 1 heterocycles. The van der Waals surface area contributed by atoms with Gasteiger partial charge in [0, 0.05) is 6.20 Å². The van der Waals surface area contributed by atoms with Crippen molar-refractivity contribution >= 4 is 23.3 Å². The summed E-state index contributed by atoms with van der Waals surface area (Å²) < 4.78 is 6.27. The van der Waals surface area contributed by atoms with Crippen molar-refractivity contribution in [2.24, 2.45) is 0 Å². The predicted molar refractivity (Wildman–Crippen MR) is 98.2 cm³/mol. The molecule has 0 saturated heterocycles. The fourth-order valence-corrected chi connectivity index (χ4v) is 2.53. The van der Waals surface area contributed by atoms with Crippen LogP contribution in [0.3, 0.4) is 0 Å². The number of nitrogens with two attached hydrogens (primary N) is 1. The first-order chi connectivity index (χ1) is 12.3. The molecule has 1 aromatic carbocycles. The normalized spacial score (nSPS) is 10.5. The number of carbonyl (C=O) groups is 2. The fraction of sp³-hybridized carbons (Fsp3) is 0.278. The smallest absolute Gasteiger partial charge is 0.357 e. The van der Waals surface area contributed by atoms with Gasteiger partial charge in [-0.1, -0.05) is 6.07 Å². The molecule has 0 unspecified atom stereocenters. The number of ether oxygens (including phenoxy) is 1. The van der Waals surface area contributed by atoms with Crippen LogP contribution in [0.15, 0.2) is 24.4 Å². The molecule has 0 saturated carbocycles. The lowest BCUT2D eigenvalue weighted by molar-refractivity contribution is -0.116. The van der Waals surface area contributed by atoms with E-state index >= 15 is 0 Å². The number of carbonyl (C=O) groups excluding carboxylic acids is 2. The van der Waals surface area contributed by atoms with Crippen LogP contribution in [0.2, 0.25) is 0 Å². The minimum absolute atomic E-state index is 0.0337. The second-order valence-corrected chi connectivity index (χ2v) is 6.09. The minimum Gasteiger partial charge on any atom is -0.464 e. The number of rotatable bonds is 5. The summed E-state index contributed by atoms with van der Waals surface area (Å²) in [5.41, 5.74) is 8.09. The number of methoxy groups -OCH3 is 1. The molecular weight excluding hydrogens is 334 g/mol. The number of benzene rings is 1. The molecule has 136 valence electrons. The third-order valence-electron chi connectivity index (χ3n) is 3.69. The van der Waals surface area contributed by atoms with E-state index in [1.807, 2.05) is 19.1 Å². The zero-order valence-corrected chi connectivity index (χ0v) is 15.2. The molecule has 0 aliphatic rings. The molecule has 0 spiro atoms. The topological polar surface area (TPSA) is 113 Å². The van der Waals surface area contributed by atoms with Gasteiger partial charge in [0.2, 0.25) is 5.91 Å². The van der Waals surface area contributed by atoms with Gasteiger partial charge in [-0.05, 0) is 38.7 Å². The quantitative estimate of drug-likeness (QED) is 0.786. The Hall–Kier alpha value is -3.31. The van der Waals surface area contributed by atoms with Gasteiger partial charge in [0.1, 0.15) is 6.07 Å². The van der Waals surface area contributed by atoms with Crippen LogP contribution in [0.1, 0.15) is 21.6 Å². The second kappa shape index (κ2) is 7.72. The van der Waals surface area contributed by atoms with Crippen molar-refractivity contribution in [3.63, 3.8) is 0 Å². The summed E-state index contributed by atoms with van der Waals surface area (Å²) in [5.74, 6) is -0.878. The van der Waals surface area contributed by atoms with Gasteiger partial charge in [0.15, 0.2) is 5.69 Å². The number of nitriles is 1. The molecule has 0 atom stereocenters. The molecule has 0 fully saturated rings. The largest absolute Gasteiger partial charge is 0.464 e. The van der Waals surface area contributed by atoms with Crippen LogP contribution in [0, 0.1) is 18.3 Å². The SMILES string of the molecule is COC(=O)c1c(N)c(C#N)cn1-c1cc(C)ccc1NC(=O)CN(C)C. The zero-order valence-electron chi connectivity index (χ0n) is 15.2. The van der Waals surface area contributed by atoms with Gasteiger partial charge in [0.05, 0.1) is 36.3 Å². The first-order valence-corrected chi connectivity index (χ1v) is 7.83. The monoisotopic (exact) mass is 355 g/mol. The van der Waals surface area contributed by atoms with E-state index in [9.17, 15) is 14.9 Å². The molecule has 2 rings (SSSR count). The predicted octanol–water partition coefficient (Wildman–Crippen LogP) is 1.53. The molecule has 1 amide bonds. The molecule has 1 aromatic heterocycles. The van der Waals surface area contributed by atoms with E-state index in [0.29, 0.717) is 11.4 Å². The number of nitrogen functional groups attached to an aromatic ring is 1. The average Bonchev–Trinajstić information content (AvgIpc) is 2.91. The van der Waals surface area contributed by atoms with Crippen LogP contribution in [-0.4, -0.2) is 49.1 Å². The van der Waals surface area contributed by atoms with E-state index in [1.165, 1.54) is 17.9 Å².